The minimum absolute atomic E-state index is 0.437. The van der Waals surface area contributed by atoms with Crippen LogP contribution < -0.4 is 5.32 Å². The van der Waals surface area contributed by atoms with E-state index in [1.54, 1.807) is 6.08 Å². The maximum absolute atomic E-state index is 4.65. The summed E-state index contributed by atoms with van der Waals surface area (Å²) in [6.07, 6.45) is 19.8. The Hall–Kier alpha value is -3.33. The van der Waals surface area contributed by atoms with Crippen molar-refractivity contribution in [2.45, 2.75) is 107 Å². The number of benzene rings is 1. The molecule has 0 bridgehead atoms. The first-order valence-corrected chi connectivity index (χ1v) is 16.0. The van der Waals surface area contributed by atoms with Crippen LogP contribution in [-0.4, -0.2) is 16.3 Å². The SMILES string of the molecule is C=C/C=C\C(=C/C)CN/C(=C/C(=C)C(CCC)CCCC(=C)Cc1cccc(C)c1)n1ncc(C)c1C.CC.CCC. The molecule has 42 heavy (non-hydrogen) atoms. The van der Waals surface area contributed by atoms with Gasteiger partial charge in [0.25, 0.3) is 0 Å². The van der Waals surface area contributed by atoms with Gasteiger partial charge in [-0.15, -0.1) is 0 Å². The molecule has 2 rings (SSSR count). The van der Waals surface area contributed by atoms with Crippen LogP contribution in [0.2, 0.25) is 0 Å². The van der Waals surface area contributed by atoms with Gasteiger partial charge in [-0.05, 0) is 94.1 Å². The Balaban J connectivity index is 0.00000315. The van der Waals surface area contributed by atoms with E-state index >= 15 is 0 Å². The standard InChI is InChI=1S/C34H47N3.C3H8.C2H6/c1-9-12-18-31(11-3)25-35-34(37-30(8)29(7)24-36-37)23-28(6)33(15-10-2)20-14-17-27(5)22-32-19-13-16-26(4)21-32;1-3-2;1-2/h9,11-13,16,18-19,21,23-24,33,35H,1,5-6,10,14-15,17,20,22,25H2,2-4,7-8H3;3H2,1-2H3;1-2H3/b18-12-,31-11+,34-23-;;. The van der Waals surface area contributed by atoms with Crippen molar-refractivity contribution in [1.29, 1.82) is 0 Å². The fourth-order valence-electron chi connectivity index (χ4n) is 4.52. The summed E-state index contributed by atoms with van der Waals surface area (Å²) in [5, 5.41) is 8.27. The maximum atomic E-state index is 4.65. The van der Waals surface area contributed by atoms with E-state index in [-0.39, 0.29) is 0 Å². The minimum atomic E-state index is 0.437. The van der Waals surface area contributed by atoms with Crippen molar-refractivity contribution in [2.75, 3.05) is 6.54 Å². The number of nitrogens with zero attached hydrogens (tertiary/aromatic N) is 2. The zero-order valence-corrected chi connectivity index (χ0v) is 28.5. The van der Waals surface area contributed by atoms with Crippen molar-refractivity contribution in [2.24, 2.45) is 5.92 Å². The molecule has 0 fully saturated rings. The molecule has 1 aromatic heterocycles. The summed E-state index contributed by atoms with van der Waals surface area (Å²) in [5.74, 6) is 1.40. The van der Waals surface area contributed by atoms with E-state index in [0.29, 0.717) is 12.5 Å². The average molecular weight is 572 g/mol. The first kappa shape index (κ1) is 38.7. The number of rotatable bonds is 16. The number of allylic oxidation sites excluding steroid dienone is 6. The second kappa shape index (κ2) is 23.3. The van der Waals surface area contributed by atoms with E-state index in [1.807, 2.05) is 30.8 Å². The highest BCUT2D eigenvalue weighted by atomic mass is 15.3. The molecule has 1 atom stereocenters. The molecule has 3 nitrogen and oxygen atoms in total. The van der Waals surface area contributed by atoms with Gasteiger partial charge in [-0.25, -0.2) is 4.68 Å². The normalized spacial score (nSPS) is 12.1. The predicted octanol–water partition coefficient (Wildman–Crippen LogP) is 11.3. The van der Waals surface area contributed by atoms with Crippen LogP contribution in [0, 0.1) is 26.7 Å². The third-order valence-electron chi connectivity index (χ3n) is 6.88. The molecular weight excluding hydrogens is 510 g/mol. The van der Waals surface area contributed by atoms with Gasteiger partial charge in [-0.2, -0.15) is 5.10 Å². The van der Waals surface area contributed by atoms with E-state index in [9.17, 15) is 0 Å². The van der Waals surface area contributed by atoms with Crippen LogP contribution in [0.4, 0.5) is 0 Å². The van der Waals surface area contributed by atoms with E-state index < -0.39 is 0 Å². The van der Waals surface area contributed by atoms with Crippen LogP contribution in [0.3, 0.4) is 0 Å². The fourth-order valence-corrected chi connectivity index (χ4v) is 4.52. The maximum Gasteiger partial charge on any atom is 0.128 e. The van der Waals surface area contributed by atoms with Gasteiger partial charge in [0.1, 0.15) is 5.82 Å². The van der Waals surface area contributed by atoms with Crippen LogP contribution in [-0.2, 0) is 6.42 Å². The summed E-state index contributed by atoms with van der Waals surface area (Å²) in [7, 11) is 0. The first-order chi connectivity index (χ1) is 20.2. The molecule has 2 aromatic rings. The second-order valence-corrected chi connectivity index (χ2v) is 10.7. The van der Waals surface area contributed by atoms with Crippen molar-refractivity contribution in [1.82, 2.24) is 15.1 Å². The lowest BCUT2D eigenvalue weighted by Gasteiger charge is -2.20. The van der Waals surface area contributed by atoms with Crippen LogP contribution >= 0.6 is 0 Å². The highest BCUT2D eigenvalue weighted by molar-refractivity contribution is 5.50. The van der Waals surface area contributed by atoms with E-state index in [4.69, 9.17) is 0 Å². The zero-order chi connectivity index (χ0) is 31.9. The summed E-state index contributed by atoms with van der Waals surface area (Å²) in [5.41, 5.74) is 8.62. The molecular formula is C39H61N3. The largest absolute Gasteiger partial charge is 0.366 e. The van der Waals surface area contributed by atoms with Crippen LogP contribution in [0.15, 0.2) is 97.3 Å². The number of aryl methyl sites for hydroxylation is 2. The summed E-state index contributed by atoms with van der Waals surface area (Å²) in [6, 6.07) is 8.74. The Labute approximate surface area is 259 Å². The Morgan fingerprint density at radius 2 is 1.76 bits per heavy atom. The number of hydrogen-bond acceptors (Lipinski definition) is 2. The van der Waals surface area contributed by atoms with Gasteiger partial charge in [0.15, 0.2) is 0 Å². The summed E-state index contributed by atoms with van der Waals surface area (Å²) in [6.45, 7) is 32.3. The van der Waals surface area contributed by atoms with E-state index in [2.05, 4.69) is 121 Å². The van der Waals surface area contributed by atoms with Crippen molar-refractivity contribution in [3.63, 3.8) is 0 Å². The Morgan fingerprint density at radius 3 is 2.31 bits per heavy atom. The molecule has 1 aromatic carbocycles. The molecule has 1 N–H and O–H groups in total. The molecule has 0 aliphatic rings. The van der Waals surface area contributed by atoms with Crippen molar-refractivity contribution in [3.05, 3.63) is 120 Å². The number of hydrogen-bond donors (Lipinski definition) is 1. The highest BCUT2D eigenvalue weighted by Gasteiger charge is 2.14. The average Bonchev–Trinajstić information content (AvgIpc) is 3.30. The van der Waals surface area contributed by atoms with Crippen LogP contribution in [0.1, 0.15) is 102 Å². The van der Waals surface area contributed by atoms with E-state index in [1.165, 1.54) is 34.3 Å². The fraction of sp³-hybridized carbons (Fsp3) is 0.462. The Kier molecular flexibility index (Phi) is 21.4. The van der Waals surface area contributed by atoms with Crippen molar-refractivity contribution >= 4 is 5.82 Å². The van der Waals surface area contributed by atoms with Gasteiger partial charge in [0.05, 0.1) is 6.20 Å². The lowest BCUT2D eigenvalue weighted by atomic mass is 9.88. The third kappa shape index (κ3) is 15.1. The monoisotopic (exact) mass is 571 g/mol. The molecule has 0 spiro atoms. The third-order valence-corrected chi connectivity index (χ3v) is 6.88. The van der Waals surface area contributed by atoms with Gasteiger partial charge in [-0.3, -0.25) is 0 Å². The lowest BCUT2D eigenvalue weighted by Crippen LogP contribution is -2.22. The molecule has 3 heteroatoms. The van der Waals surface area contributed by atoms with Crippen molar-refractivity contribution < 1.29 is 0 Å². The van der Waals surface area contributed by atoms with E-state index in [0.717, 1.165) is 55.6 Å². The molecule has 1 heterocycles. The Bertz CT molecular complexity index is 1160. The molecule has 0 saturated heterocycles. The van der Waals surface area contributed by atoms with Gasteiger partial charge in [-0.1, -0.05) is 127 Å². The molecule has 1 unspecified atom stereocenters. The Morgan fingerprint density at radius 1 is 1.07 bits per heavy atom. The topological polar surface area (TPSA) is 29.9 Å². The van der Waals surface area contributed by atoms with Gasteiger partial charge >= 0.3 is 0 Å². The molecule has 0 aliphatic carbocycles. The summed E-state index contributed by atoms with van der Waals surface area (Å²) >= 11 is 0. The zero-order valence-electron chi connectivity index (χ0n) is 28.5. The first-order valence-electron chi connectivity index (χ1n) is 16.0. The lowest BCUT2D eigenvalue weighted by molar-refractivity contribution is 0.499. The number of nitrogens with one attached hydrogen (secondary N) is 1. The smallest absolute Gasteiger partial charge is 0.128 e. The quantitative estimate of drug-likeness (QED) is 0.160. The summed E-state index contributed by atoms with van der Waals surface area (Å²) in [4.78, 5) is 0. The van der Waals surface area contributed by atoms with Gasteiger partial charge in [0.2, 0.25) is 0 Å². The minimum Gasteiger partial charge on any atom is -0.366 e. The van der Waals surface area contributed by atoms with Gasteiger partial charge < -0.3 is 5.32 Å². The van der Waals surface area contributed by atoms with Crippen LogP contribution in [0.5, 0.6) is 0 Å². The van der Waals surface area contributed by atoms with Crippen LogP contribution in [0.25, 0.3) is 5.82 Å². The molecule has 0 amide bonds. The van der Waals surface area contributed by atoms with Crippen molar-refractivity contribution in [3.8, 4) is 0 Å². The predicted molar refractivity (Wildman–Crippen MR) is 190 cm³/mol. The second-order valence-electron chi connectivity index (χ2n) is 10.7. The molecule has 0 aliphatic heterocycles. The number of aromatic nitrogens is 2. The summed E-state index contributed by atoms with van der Waals surface area (Å²) < 4.78 is 2.00. The molecule has 232 valence electrons. The molecule has 0 radical (unpaired) electrons. The highest BCUT2D eigenvalue weighted by Crippen LogP contribution is 2.26. The van der Waals surface area contributed by atoms with Gasteiger partial charge in [0, 0.05) is 12.2 Å². The molecule has 0 saturated carbocycles.